The van der Waals surface area contributed by atoms with Gasteiger partial charge in [0.25, 0.3) is 0 Å². The first kappa shape index (κ1) is 15.3. The van der Waals surface area contributed by atoms with E-state index in [9.17, 15) is 12.8 Å². The zero-order chi connectivity index (χ0) is 16.6. The van der Waals surface area contributed by atoms with E-state index in [0.29, 0.717) is 11.1 Å². The number of aromatic nitrogens is 4. The lowest BCUT2D eigenvalue weighted by molar-refractivity contribution is 0.376. The molecule has 0 amide bonds. The molecule has 0 spiro atoms. The molecule has 0 aliphatic carbocycles. The van der Waals surface area contributed by atoms with Crippen molar-refractivity contribution in [1.82, 2.24) is 20.1 Å². The third kappa shape index (κ3) is 2.74. The number of aromatic amines is 1. The summed E-state index contributed by atoms with van der Waals surface area (Å²) >= 11 is 0. The van der Waals surface area contributed by atoms with Crippen molar-refractivity contribution < 1.29 is 17.3 Å². The molecule has 0 radical (unpaired) electrons. The lowest BCUT2D eigenvalue weighted by Crippen LogP contribution is -2.12. The van der Waals surface area contributed by atoms with Gasteiger partial charge < -0.3 is 9.51 Å². The molecule has 0 saturated carbocycles. The molecule has 2 heterocycles. The van der Waals surface area contributed by atoms with Crippen molar-refractivity contribution in [3.05, 3.63) is 47.9 Å². The van der Waals surface area contributed by atoms with E-state index in [1.807, 2.05) is 0 Å². The molecule has 7 nitrogen and oxygen atoms in total. The van der Waals surface area contributed by atoms with Crippen molar-refractivity contribution in [2.24, 2.45) is 0 Å². The van der Waals surface area contributed by atoms with Crippen LogP contribution in [-0.2, 0) is 9.84 Å². The third-order valence-corrected chi connectivity index (χ3v) is 5.32. The van der Waals surface area contributed by atoms with Crippen LogP contribution in [0.3, 0.4) is 0 Å². The number of nitrogens with zero attached hydrogens (tertiary/aromatic N) is 3. The summed E-state index contributed by atoms with van der Waals surface area (Å²) in [6.07, 6.45) is 2.75. The van der Waals surface area contributed by atoms with Gasteiger partial charge in [-0.1, -0.05) is 17.3 Å². The second-order valence-electron chi connectivity index (χ2n) is 5.00. The largest absolute Gasteiger partial charge is 0.338 e. The Balaban J connectivity index is 1.94. The molecule has 1 N–H and O–H groups in total. The van der Waals surface area contributed by atoms with Gasteiger partial charge in [0.1, 0.15) is 11.1 Å². The highest BCUT2D eigenvalue weighted by atomic mass is 32.2. The van der Waals surface area contributed by atoms with E-state index in [2.05, 4.69) is 20.1 Å². The minimum atomic E-state index is -3.77. The second kappa shape index (κ2) is 5.58. The van der Waals surface area contributed by atoms with Gasteiger partial charge in [0.15, 0.2) is 0 Å². The van der Waals surface area contributed by atoms with E-state index in [1.54, 1.807) is 19.1 Å². The molecule has 0 bridgehead atoms. The molecule has 3 aromatic rings. The van der Waals surface area contributed by atoms with Gasteiger partial charge >= 0.3 is 0 Å². The maximum Gasteiger partial charge on any atom is 0.245 e. The van der Waals surface area contributed by atoms with Crippen LogP contribution in [0.25, 0.3) is 11.4 Å². The Morgan fingerprint density at radius 3 is 2.78 bits per heavy atom. The number of imidazole rings is 1. The summed E-state index contributed by atoms with van der Waals surface area (Å²) in [5.74, 6) is -0.358. The molecule has 23 heavy (non-hydrogen) atoms. The summed E-state index contributed by atoms with van der Waals surface area (Å²) in [5.41, 5.74) is 0.900. The van der Waals surface area contributed by atoms with Crippen LogP contribution in [0.2, 0.25) is 0 Å². The predicted octanol–water partition coefficient (Wildman–Crippen LogP) is 2.44. The Morgan fingerprint density at radius 2 is 2.13 bits per heavy atom. The zero-order valence-electron chi connectivity index (χ0n) is 12.3. The van der Waals surface area contributed by atoms with Crippen LogP contribution in [-0.4, -0.2) is 28.5 Å². The minimum absolute atomic E-state index is 0.0858. The van der Waals surface area contributed by atoms with Crippen LogP contribution < -0.4 is 0 Å². The second-order valence-corrected chi connectivity index (χ2v) is 7.19. The topological polar surface area (TPSA) is 102 Å². The van der Waals surface area contributed by atoms with Crippen LogP contribution in [0.4, 0.5) is 4.39 Å². The van der Waals surface area contributed by atoms with E-state index < -0.39 is 20.9 Å². The molecular weight excluding hydrogens is 323 g/mol. The van der Waals surface area contributed by atoms with Crippen LogP contribution in [0, 0.1) is 12.7 Å². The number of aryl methyl sites for hydroxylation is 1. The molecule has 1 aromatic carbocycles. The standard InChI is InChI=1S/C14H13FN4O3S/c1-8-3-4-10(7-11(8)15)12-18-13(22-19-12)9(2)23(20,21)14-16-5-6-17-14/h3-7,9H,1-2H3,(H,16,17)/t9-/m1/s1. The highest BCUT2D eigenvalue weighted by Crippen LogP contribution is 2.27. The lowest BCUT2D eigenvalue weighted by Gasteiger charge is -2.05. The smallest absolute Gasteiger partial charge is 0.245 e. The quantitative estimate of drug-likeness (QED) is 0.785. The Kier molecular flexibility index (Phi) is 3.72. The molecule has 2 aromatic heterocycles. The third-order valence-electron chi connectivity index (χ3n) is 3.43. The Bertz CT molecular complexity index is 935. The van der Waals surface area contributed by atoms with Crippen LogP contribution in [0.15, 0.2) is 40.3 Å². The van der Waals surface area contributed by atoms with E-state index in [1.165, 1.54) is 25.4 Å². The fourth-order valence-electron chi connectivity index (χ4n) is 1.96. The zero-order valence-corrected chi connectivity index (χ0v) is 13.1. The van der Waals surface area contributed by atoms with Crippen molar-refractivity contribution >= 4 is 9.84 Å². The summed E-state index contributed by atoms with van der Waals surface area (Å²) in [4.78, 5) is 10.3. The molecule has 1 atom stereocenters. The SMILES string of the molecule is Cc1ccc(-c2noc([C@@H](C)S(=O)(=O)c3ncc[nH]3)n2)cc1F. The first-order valence-corrected chi connectivity index (χ1v) is 8.27. The normalized spacial score (nSPS) is 13.2. The molecule has 9 heteroatoms. The van der Waals surface area contributed by atoms with Crippen LogP contribution >= 0.6 is 0 Å². The number of sulfone groups is 1. The first-order chi connectivity index (χ1) is 10.9. The Morgan fingerprint density at radius 1 is 1.35 bits per heavy atom. The fraction of sp³-hybridized carbons (Fsp3) is 0.214. The number of rotatable bonds is 4. The number of benzene rings is 1. The molecule has 0 aliphatic heterocycles. The molecule has 0 fully saturated rings. The average Bonchev–Trinajstić information content (AvgIpc) is 3.20. The van der Waals surface area contributed by atoms with Gasteiger partial charge in [-0.25, -0.2) is 17.8 Å². The highest BCUT2D eigenvalue weighted by molar-refractivity contribution is 7.91. The van der Waals surface area contributed by atoms with E-state index in [-0.39, 0.29) is 16.9 Å². The number of nitrogens with one attached hydrogen (secondary N) is 1. The molecule has 120 valence electrons. The Labute approximate surface area is 131 Å². The number of halogens is 1. The van der Waals surface area contributed by atoms with Gasteiger partial charge in [0.05, 0.1) is 0 Å². The Hall–Kier alpha value is -2.55. The predicted molar refractivity (Wildman–Crippen MR) is 78.6 cm³/mol. The maximum atomic E-state index is 13.6. The van der Waals surface area contributed by atoms with Gasteiger partial charge in [-0.2, -0.15) is 4.98 Å². The maximum absolute atomic E-state index is 13.6. The van der Waals surface area contributed by atoms with E-state index >= 15 is 0 Å². The number of hydrogen-bond acceptors (Lipinski definition) is 6. The summed E-state index contributed by atoms with van der Waals surface area (Å²) in [5, 5.41) is 2.47. The van der Waals surface area contributed by atoms with Gasteiger partial charge in [0.2, 0.25) is 26.7 Å². The van der Waals surface area contributed by atoms with E-state index in [4.69, 9.17) is 4.52 Å². The highest BCUT2D eigenvalue weighted by Gasteiger charge is 2.32. The molecule has 3 rings (SSSR count). The van der Waals surface area contributed by atoms with Gasteiger partial charge in [0, 0.05) is 18.0 Å². The average molecular weight is 336 g/mol. The molecular formula is C14H13FN4O3S. The number of H-pyrrole nitrogens is 1. The minimum Gasteiger partial charge on any atom is -0.338 e. The molecule has 0 saturated heterocycles. The lowest BCUT2D eigenvalue weighted by atomic mass is 10.1. The van der Waals surface area contributed by atoms with Crippen LogP contribution in [0.5, 0.6) is 0 Å². The molecule has 0 aliphatic rings. The van der Waals surface area contributed by atoms with Crippen molar-refractivity contribution in [2.75, 3.05) is 0 Å². The van der Waals surface area contributed by atoms with Crippen molar-refractivity contribution in [3.8, 4) is 11.4 Å². The van der Waals surface area contributed by atoms with Crippen LogP contribution in [0.1, 0.15) is 23.6 Å². The summed E-state index contributed by atoms with van der Waals surface area (Å²) in [6.45, 7) is 3.06. The van der Waals surface area contributed by atoms with Crippen molar-refractivity contribution in [1.29, 1.82) is 0 Å². The van der Waals surface area contributed by atoms with Crippen molar-refractivity contribution in [3.63, 3.8) is 0 Å². The van der Waals surface area contributed by atoms with Gasteiger partial charge in [-0.05, 0) is 25.5 Å². The van der Waals surface area contributed by atoms with Gasteiger partial charge in [-0.3, -0.25) is 0 Å². The monoisotopic (exact) mass is 336 g/mol. The summed E-state index contributed by atoms with van der Waals surface area (Å²) < 4.78 is 43.4. The van der Waals surface area contributed by atoms with Crippen molar-refractivity contribution in [2.45, 2.75) is 24.3 Å². The molecule has 0 unspecified atom stereocenters. The number of hydrogen-bond donors (Lipinski definition) is 1. The first-order valence-electron chi connectivity index (χ1n) is 6.73. The summed E-state index contributed by atoms with van der Waals surface area (Å²) in [6, 6.07) is 4.50. The van der Waals surface area contributed by atoms with E-state index in [0.717, 1.165) is 0 Å². The van der Waals surface area contributed by atoms with Gasteiger partial charge in [-0.15, -0.1) is 0 Å². The summed E-state index contributed by atoms with van der Waals surface area (Å²) in [7, 11) is -3.77. The fourth-order valence-corrected chi connectivity index (χ4v) is 3.09.